The van der Waals surface area contributed by atoms with Gasteiger partial charge in [-0.2, -0.15) is 0 Å². The highest BCUT2D eigenvalue weighted by Crippen LogP contribution is 2.16. The number of anilines is 1. The molecule has 0 aromatic heterocycles. The Kier molecular flexibility index (Phi) is 4.77. The molecule has 98 valence electrons. The van der Waals surface area contributed by atoms with Gasteiger partial charge in [0.25, 0.3) is 0 Å². The van der Waals surface area contributed by atoms with Crippen LogP contribution < -0.4 is 10.6 Å². The smallest absolute Gasteiger partial charge is 0.171 e. The first kappa shape index (κ1) is 13.8. The molecule has 0 amide bonds. The number of halogens is 1. The quantitative estimate of drug-likeness (QED) is 0.820. The normalized spacial score (nSPS) is 11.7. The molecule has 1 unspecified atom stereocenters. The summed E-state index contributed by atoms with van der Waals surface area (Å²) < 4.78 is 0. The van der Waals surface area contributed by atoms with Gasteiger partial charge in [0.15, 0.2) is 5.11 Å². The van der Waals surface area contributed by atoms with Gasteiger partial charge >= 0.3 is 0 Å². The summed E-state index contributed by atoms with van der Waals surface area (Å²) in [5, 5.41) is 7.73. The minimum absolute atomic E-state index is 0.126. The summed E-state index contributed by atoms with van der Waals surface area (Å²) in [4.78, 5) is 0. The summed E-state index contributed by atoms with van der Waals surface area (Å²) in [5.74, 6) is 0. The summed E-state index contributed by atoms with van der Waals surface area (Å²) in [6.45, 7) is 2.06. The van der Waals surface area contributed by atoms with Gasteiger partial charge in [-0.1, -0.05) is 41.9 Å². The van der Waals surface area contributed by atoms with Crippen LogP contribution in [0.2, 0.25) is 5.02 Å². The molecular formula is C15H15ClN2S. The largest absolute Gasteiger partial charge is 0.356 e. The number of rotatable bonds is 3. The molecule has 2 nitrogen and oxygen atoms in total. The van der Waals surface area contributed by atoms with E-state index in [0.29, 0.717) is 5.11 Å². The van der Waals surface area contributed by atoms with Gasteiger partial charge in [-0.25, -0.2) is 0 Å². The topological polar surface area (TPSA) is 24.1 Å². The fourth-order valence-electron chi connectivity index (χ4n) is 1.72. The molecule has 4 heteroatoms. The van der Waals surface area contributed by atoms with Crippen LogP contribution >= 0.6 is 23.8 Å². The predicted octanol–water partition coefficient (Wildman–Crippen LogP) is 4.39. The highest BCUT2D eigenvalue weighted by molar-refractivity contribution is 7.80. The zero-order chi connectivity index (χ0) is 13.7. The van der Waals surface area contributed by atoms with E-state index in [0.717, 1.165) is 16.3 Å². The first-order chi connectivity index (χ1) is 9.15. The van der Waals surface area contributed by atoms with Gasteiger partial charge in [-0.05, 0) is 49.0 Å². The first-order valence-corrected chi connectivity index (χ1v) is 6.82. The average Bonchev–Trinajstić information content (AvgIpc) is 2.40. The maximum Gasteiger partial charge on any atom is 0.171 e. The Morgan fingerprint density at radius 3 is 2.32 bits per heavy atom. The van der Waals surface area contributed by atoms with E-state index < -0.39 is 0 Å². The number of hydrogen-bond donors (Lipinski definition) is 2. The summed E-state index contributed by atoms with van der Waals surface area (Å²) >= 11 is 11.2. The Hall–Kier alpha value is -1.58. The molecule has 0 fully saturated rings. The van der Waals surface area contributed by atoms with Crippen molar-refractivity contribution in [3.8, 4) is 0 Å². The van der Waals surface area contributed by atoms with Crippen molar-refractivity contribution in [2.24, 2.45) is 0 Å². The summed E-state index contributed by atoms with van der Waals surface area (Å²) in [5.41, 5.74) is 2.12. The molecule has 0 aliphatic carbocycles. The van der Waals surface area contributed by atoms with Gasteiger partial charge in [0.05, 0.1) is 6.04 Å². The van der Waals surface area contributed by atoms with E-state index in [1.54, 1.807) is 0 Å². The monoisotopic (exact) mass is 290 g/mol. The molecule has 0 aliphatic rings. The molecule has 2 aromatic carbocycles. The molecule has 0 bridgehead atoms. The van der Waals surface area contributed by atoms with Gasteiger partial charge in [-0.15, -0.1) is 0 Å². The lowest BCUT2D eigenvalue weighted by molar-refractivity contribution is 0.723. The first-order valence-electron chi connectivity index (χ1n) is 6.03. The minimum atomic E-state index is 0.126. The molecule has 0 spiro atoms. The van der Waals surface area contributed by atoms with Crippen molar-refractivity contribution in [2.45, 2.75) is 13.0 Å². The highest BCUT2D eigenvalue weighted by Gasteiger charge is 2.06. The molecule has 0 aliphatic heterocycles. The van der Waals surface area contributed by atoms with Crippen molar-refractivity contribution in [3.05, 3.63) is 65.2 Å². The number of hydrogen-bond acceptors (Lipinski definition) is 1. The maximum absolute atomic E-state index is 5.87. The fourth-order valence-corrected chi connectivity index (χ4v) is 2.14. The Bertz CT molecular complexity index is 540. The van der Waals surface area contributed by atoms with Gasteiger partial charge < -0.3 is 10.6 Å². The minimum Gasteiger partial charge on any atom is -0.356 e. The Labute approximate surface area is 123 Å². The van der Waals surface area contributed by atoms with E-state index in [1.807, 2.05) is 54.6 Å². The van der Waals surface area contributed by atoms with Gasteiger partial charge in [0.2, 0.25) is 0 Å². The van der Waals surface area contributed by atoms with E-state index >= 15 is 0 Å². The number of benzene rings is 2. The van der Waals surface area contributed by atoms with Crippen LogP contribution in [0.4, 0.5) is 5.69 Å². The molecule has 2 N–H and O–H groups in total. The third kappa shape index (κ3) is 4.23. The van der Waals surface area contributed by atoms with Gasteiger partial charge in [0.1, 0.15) is 0 Å². The van der Waals surface area contributed by atoms with Crippen LogP contribution in [-0.4, -0.2) is 5.11 Å². The molecule has 0 heterocycles. The second-order valence-corrected chi connectivity index (χ2v) is 5.08. The van der Waals surface area contributed by atoms with Crippen molar-refractivity contribution < 1.29 is 0 Å². The van der Waals surface area contributed by atoms with E-state index in [9.17, 15) is 0 Å². The van der Waals surface area contributed by atoms with E-state index in [1.165, 1.54) is 0 Å². The van der Waals surface area contributed by atoms with Gasteiger partial charge in [0, 0.05) is 10.7 Å². The molecule has 0 radical (unpaired) electrons. The molecule has 1 atom stereocenters. The summed E-state index contributed by atoms with van der Waals surface area (Å²) in [7, 11) is 0. The second-order valence-electron chi connectivity index (χ2n) is 4.24. The summed E-state index contributed by atoms with van der Waals surface area (Å²) in [6.07, 6.45) is 0. The van der Waals surface area contributed by atoms with Crippen molar-refractivity contribution in [1.82, 2.24) is 5.32 Å². The Morgan fingerprint density at radius 1 is 1.05 bits per heavy atom. The molecular weight excluding hydrogens is 276 g/mol. The lowest BCUT2D eigenvalue weighted by atomic mass is 10.1. The zero-order valence-electron chi connectivity index (χ0n) is 10.6. The predicted molar refractivity (Wildman–Crippen MR) is 85.7 cm³/mol. The van der Waals surface area contributed by atoms with Crippen molar-refractivity contribution >= 4 is 34.6 Å². The fraction of sp³-hybridized carbons (Fsp3) is 0.133. The lowest BCUT2D eigenvalue weighted by Crippen LogP contribution is -2.30. The van der Waals surface area contributed by atoms with Crippen molar-refractivity contribution in [2.75, 3.05) is 5.32 Å². The third-order valence-electron chi connectivity index (χ3n) is 2.75. The van der Waals surface area contributed by atoms with E-state index in [4.69, 9.17) is 23.8 Å². The van der Waals surface area contributed by atoms with Crippen molar-refractivity contribution in [1.29, 1.82) is 0 Å². The lowest BCUT2D eigenvalue weighted by Gasteiger charge is -2.17. The van der Waals surface area contributed by atoms with E-state index in [-0.39, 0.29) is 6.04 Å². The number of nitrogens with one attached hydrogen (secondary N) is 2. The van der Waals surface area contributed by atoms with Crippen molar-refractivity contribution in [3.63, 3.8) is 0 Å². The standard InChI is InChI=1S/C15H15ClN2S/c1-11(12-7-9-13(16)10-8-12)17-15(19)18-14-5-3-2-4-6-14/h2-11H,1H3,(H2,17,18,19). The molecule has 19 heavy (non-hydrogen) atoms. The number of thiocarbonyl (C=S) groups is 1. The molecule has 0 saturated carbocycles. The average molecular weight is 291 g/mol. The van der Waals surface area contributed by atoms with Crippen LogP contribution in [0.25, 0.3) is 0 Å². The zero-order valence-corrected chi connectivity index (χ0v) is 12.1. The van der Waals surface area contributed by atoms with Crippen LogP contribution in [0.15, 0.2) is 54.6 Å². The molecule has 0 saturated heterocycles. The van der Waals surface area contributed by atoms with E-state index in [2.05, 4.69) is 17.6 Å². The maximum atomic E-state index is 5.87. The second kappa shape index (κ2) is 6.55. The van der Waals surface area contributed by atoms with Crippen LogP contribution in [0.5, 0.6) is 0 Å². The highest BCUT2D eigenvalue weighted by atomic mass is 35.5. The van der Waals surface area contributed by atoms with Gasteiger partial charge in [-0.3, -0.25) is 0 Å². The molecule has 2 rings (SSSR count). The Balaban J connectivity index is 1.93. The van der Waals surface area contributed by atoms with Crippen LogP contribution in [0.1, 0.15) is 18.5 Å². The molecule has 2 aromatic rings. The SMILES string of the molecule is CC(NC(=S)Nc1ccccc1)c1ccc(Cl)cc1. The van der Waals surface area contributed by atoms with Crippen LogP contribution in [-0.2, 0) is 0 Å². The Morgan fingerprint density at radius 2 is 1.68 bits per heavy atom. The van der Waals surface area contributed by atoms with Crippen LogP contribution in [0.3, 0.4) is 0 Å². The summed E-state index contributed by atoms with van der Waals surface area (Å²) in [6, 6.07) is 17.7. The number of para-hydroxylation sites is 1. The third-order valence-corrected chi connectivity index (χ3v) is 3.22. The van der Waals surface area contributed by atoms with Crippen LogP contribution in [0, 0.1) is 0 Å².